The van der Waals surface area contributed by atoms with E-state index in [1.165, 1.54) is 0 Å². The van der Waals surface area contributed by atoms with Crippen molar-refractivity contribution in [1.29, 1.82) is 5.26 Å². The van der Waals surface area contributed by atoms with Crippen molar-refractivity contribution >= 4 is 23.2 Å². The molecule has 0 aromatic heterocycles. The van der Waals surface area contributed by atoms with Gasteiger partial charge in [-0.15, -0.1) is 0 Å². The van der Waals surface area contributed by atoms with Crippen LogP contribution in [0.15, 0.2) is 48.5 Å². The van der Waals surface area contributed by atoms with Gasteiger partial charge < -0.3 is 16.0 Å². The largest absolute Gasteiger partial charge is 0.376 e. The molecule has 0 heterocycles. The summed E-state index contributed by atoms with van der Waals surface area (Å²) in [5.74, 6) is -0.422. The van der Waals surface area contributed by atoms with Gasteiger partial charge in [-0.25, -0.2) is 0 Å². The Morgan fingerprint density at radius 1 is 1.08 bits per heavy atom. The molecule has 0 bridgehead atoms. The lowest BCUT2D eigenvalue weighted by atomic mass is 10.1. The predicted octanol–water partition coefficient (Wildman–Crippen LogP) is 2.50. The number of nitriles is 1. The topological polar surface area (TPSA) is 94.0 Å². The normalized spacial score (nSPS) is 12.8. The number of benzene rings is 2. The van der Waals surface area contributed by atoms with Crippen LogP contribution in [-0.4, -0.2) is 24.4 Å². The quantitative estimate of drug-likeness (QED) is 0.756. The van der Waals surface area contributed by atoms with E-state index in [-0.39, 0.29) is 24.4 Å². The van der Waals surface area contributed by atoms with Crippen LogP contribution in [0.25, 0.3) is 0 Å². The van der Waals surface area contributed by atoms with Crippen LogP contribution in [0.3, 0.4) is 0 Å². The third-order valence-electron chi connectivity index (χ3n) is 3.83. The van der Waals surface area contributed by atoms with Gasteiger partial charge in [-0.05, 0) is 49.2 Å². The molecule has 1 aliphatic carbocycles. The second-order valence-corrected chi connectivity index (χ2v) is 5.88. The van der Waals surface area contributed by atoms with Gasteiger partial charge in [-0.3, -0.25) is 9.59 Å². The highest BCUT2D eigenvalue weighted by Crippen LogP contribution is 2.21. The molecule has 0 saturated heterocycles. The summed E-state index contributed by atoms with van der Waals surface area (Å²) in [6, 6.07) is 16.1. The Balaban J connectivity index is 1.58. The summed E-state index contributed by atoms with van der Waals surface area (Å²) in [5, 5.41) is 17.4. The highest BCUT2D eigenvalue weighted by Gasteiger charge is 2.24. The van der Waals surface area contributed by atoms with Crippen LogP contribution in [0.5, 0.6) is 0 Å². The molecule has 1 fully saturated rings. The van der Waals surface area contributed by atoms with E-state index < -0.39 is 0 Å². The molecule has 0 unspecified atom stereocenters. The van der Waals surface area contributed by atoms with Gasteiger partial charge in [-0.1, -0.05) is 12.1 Å². The van der Waals surface area contributed by atoms with E-state index in [9.17, 15) is 9.59 Å². The predicted molar refractivity (Wildman–Crippen MR) is 95.2 cm³/mol. The summed E-state index contributed by atoms with van der Waals surface area (Å²) in [5.41, 5.74) is 2.26. The number of hydrogen-bond donors (Lipinski definition) is 3. The summed E-state index contributed by atoms with van der Waals surface area (Å²) in [6.07, 6.45) is 2.02. The standard InChI is InChI=1S/C19H18N4O2/c20-11-13-5-7-14(8-6-13)21-12-18(24)23-17-4-2-1-3-16(17)19(25)22-15-9-10-15/h1-8,15,21H,9-10,12H2,(H,22,25)(H,23,24). The van der Waals surface area contributed by atoms with Crippen molar-refractivity contribution in [2.75, 3.05) is 17.2 Å². The minimum Gasteiger partial charge on any atom is -0.376 e. The van der Waals surface area contributed by atoms with Crippen molar-refractivity contribution in [3.05, 3.63) is 59.7 Å². The number of carbonyl (C=O) groups excluding carboxylic acids is 2. The second kappa shape index (κ2) is 7.49. The van der Waals surface area contributed by atoms with Crippen molar-refractivity contribution in [1.82, 2.24) is 5.32 Å². The SMILES string of the molecule is N#Cc1ccc(NCC(=O)Nc2ccccc2C(=O)NC2CC2)cc1. The molecule has 6 heteroatoms. The zero-order valence-electron chi connectivity index (χ0n) is 13.6. The van der Waals surface area contributed by atoms with Gasteiger partial charge in [0.05, 0.1) is 29.4 Å². The van der Waals surface area contributed by atoms with Crippen molar-refractivity contribution in [2.24, 2.45) is 0 Å². The van der Waals surface area contributed by atoms with Crippen LogP contribution in [0, 0.1) is 11.3 Å². The fourth-order valence-corrected chi connectivity index (χ4v) is 2.32. The highest BCUT2D eigenvalue weighted by atomic mass is 16.2. The fourth-order valence-electron chi connectivity index (χ4n) is 2.32. The molecule has 0 spiro atoms. The minimum atomic E-state index is -0.254. The third kappa shape index (κ3) is 4.58. The Labute approximate surface area is 145 Å². The number of amides is 2. The van der Waals surface area contributed by atoms with Gasteiger partial charge in [0.25, 0.3) is 5.91 Å². The van der Waals surface area contributed by atoms with E-state index in [1.54, 1.807) is 48.5 Å². The molecule has 126 valence electrons. The van der Waals surface area contributed by atoms with Crippen molar-refractivity contribution in [2.45, 2.75) is 18.9 Å². The maximum atomic E-state index is 12.2. The molecule has 2 amide bonds. The maximum Gasteiger partial charge on any atom is 0.253 e. The van der Waals surface area contributed by atoms with Gasteiger partial charge in [-0.2, -0.15) is 5.26 Å². The van der Waals surface area contributed by atoms with Gasteiger partial charge in [0.15, 0.2) is 0 Å². The van der Waals surface area contributed by atoms with Crippen molar-refractivity contribution in [3.63, 3.8) is 0 Å². The number of hydrogen-bond acceptors (Lipinski definition) is 4. The number of nitrogens with one attached hydrogen (secondary N) is 3. The van der Waals surface area contributed by atoms with E-state index in [0.717, 1.165) is 18.5 Å². The molecular weight excluding hydrogens is 316 g/mol. The van der Waals surface area contributed by atoms with Crippen LogP contribution in [-0.2, 0) is 4.79 Å². The van der Waals surface area contributed by atoms with Crippen LogP contribution in [0.2, 0.25) is 0 Å². The number of rotatable bonds is 6. The second-order valence-electron chi connectivity index (χ2n) is 5.88. The lowest BCUT2D eigenvalue weighted by Crippen LogP contribution is -2.28. The summed E-state index contributed by atoms with van der Waals surface area (Å²) in [6.45, 7) is 0.0600. The summed E-state index contributed by atoms with van der Waals surface area (Å²) >= 11 is 0. The lowest BCUT2D eigenvalue weighted by molar-refractivity contribution is -0.114. The first-order valence-electron chi connectivity index (χ1n) is 8.09. The van der Waals surface area contributed by atoms with Gasteiger partial charge in [0.2, 0.25) is 5.91 Å². The van der Waals surface area contributed by atoms with Crippen LogP contribution >= 0.6 is 0 Å². The number of carbonyl (C=O) groups is 2. The monoisotopic (exact) mass is 334 g/mol. The molecule has 6 nitrogen and oxygen atoms in total. The van der Waals surface area contributed by atoms with Gasteiger partial charge in [0.1, 0.15) is 0 Å². The van der Waals surface area contributed by atoms with Crippen LogP contribution in [0.1, 0.15) is 28.8 Å². The molecule has 25 heavy (non-hydrogen) atoms. The maximum absolute atomic E-state index is 12.2. The first kappa shape index (κ1) is 16.5. The van der Waals surface area contributed by atoms with Gasteiger partial charge >= 0.3 is 0 Å². The van der Waals surface area contributed by atoms with E-state index >= 15 is 0 Å². The van der Waals surface area contributed by atoms with E-state index in [4.69, 9.17) is 5.26 Å². The Hall–Kier alpha value is -3.33. The molecule has 3 N–H and O–H groups in total. The van der Waals surface area contributed by atoms with Crippen molar-refractivity contribution in [3.8, 4) is 6.07 Å². The molecule has 0 aliphatic heterocycles. The first-order valence-corrected chi connectivity index (χ1v) is 8.09. The molecular formula is C19H18N4O2. The summed E-state index contributed by atoms with van der Waals surface area (Å²) in [7, 11) is 0. The van der Waals surface area contributed by atoms with Crippen LogP contribution in [0.4, 0.5) is 11.4 Å². The number of nitrogens with zero attached hydrogens (tertiary/aromatic N) is 1. The molecule has 3 rings (SSSR count). The summed E-state index contributed by atoms with van der Waals surface area (Å²) < 4.78 is 0. The Kier molecular flexibility index (Phi) is 4.95. The molecule has 2 aromatic rings. The lowest BCUT2D eigenvalue weighted by Gasteiger charge is -2.12. The average Bonchev–Trinajstić information content (AvgIpc) is 3.45. The van der Waals surface area contributed by atoms with Crippen molar-refractivity contribution < 1.29 is 9.59 Å². The van der Waals surface area contributed by atoms with E-state index in [2.05, 4.69) is 16.0 Å². The molecule has 0 radical (unpaired) electrons. The molecule has 1 saturated carbocycles. The number of anilines is 2. The Bertz CT molecular complexity index is 820. The van der Waals surface area contributed by atoms with Gasteiger partial charge in [0, 0.05) is 11.7 Å². The number of para-hydroxylation sites is 1. The zero-order valence-corrected chi connectivity index (χ0v) is 13.6. The zero-order chi connectivity index (χ0) is 17.6. The smallest absolute Gasteiger partial charge is 0.253 e. The third-order valence-corrected chi connectivity index (χ3v) is 3.83. The highest BCUT2D eigenvalue weighted by molar-refractivity contribution is 6.04. The molecule has 2 aromatic carbocycles. The first-order chi connectivity index (χ1) is 12.2. The molecule has 1 aliphatic rings. The Morgan fingerprint density at radius 2 is 1.80 bits per heavy atom. The Morgan fingerprint density at radius 3 is 2.48 bits per heavy atom. The molecule has 0 atom stereocenters. The minimum absolute atomic E-state index is 0.0600. The van der Waals surface area contributed by atoms with Crippen LogP contribution < -0.4 is 16.0 Å². The summed E-state index contributed by atoms with van der Waals surface area (Å²) in [4.78, 5) is 24.4. The fraction of sp³-hybridized carbons (Fsp3) is 0.211. The van der Waals surface area contributed by atoms with E-state index in [0.29, 0.717) is 16.8 Å². The van der Waals surface area contributed by atoms with E-state index in [1.807, 2.05) is 6.07 Å². The average molecular weight is 334 g/mol.